The summed E-state index contributed by atoms with van der Waals surface area (Å²) in [6, 6.07) is -0.461. The molecule has 5 amide bonds. The first-order chi connectivity index (χ1) is 15.4. The highest BCUT2D eigenvalue weighted by Crippen LogP contribution is 2.38. The normalized spacial score (nSPS) is 26.8. The van der Waals surface area contributed by atoms with Crippen molar-refractivity contribution in [3.8, 4) is 0 Å². The Morgan fingerprint density at radius 1 is 1.15 bits per heavy atom. The van der Waals surface area contributed by atoms with E-state index in [9.17, 15) is 19.2 Å². The molecule has 1 saturated carbocycles. The highest BCUT2D eigenvalue weighted by atomic mass is 16.2. The van der Waals surface area contributed by atoms with E-state index in [1.165, 1.54) is 0 Å². The smallest absolute Gasteiger partial charge is 0.325 e. The fourth-order valence-electron chi connectivity index (χ4n) is 5.65. The number of carbonyl (C=O) groups is 4. The molecule has 3 aliphatic rings. The lowest BCUT2D eigenvalue weighted by Crippen LogP contribution is -2.54. The SMILES string of the molecule is CC1CCCCC12NC(=O)N(CC(=O)N1CCC(C(=O)NCC(C)(C)CN(C)C)CC1)C2=O. The summed E-state index contributed by atoms with van der Waals surface area (Å²) < 4.78 is 0. The molecule has 1 spiro atoms. The Kier molecular flexibility index (Phi) is 7.71. The summed E-state index contributed by atoms with van der Waals surface area (Å²) in [6.07, 6.45) is 4.67. The summed E-state index contributed by atoms with van der Waals surface area (Å²) in [5, 5.41) is 5.97. The molecule has 0 radical (unpaired) electrons. The van der Waals surface area contributed by atoms with Crippen molar-refractivity contribution in [2.75, 3.05) is 46.8 Å². The van der Waals surface area contributed by atoms with Crippen molar-refractivity contribution >= 4 is 23.8 Å². The van der Waals surface area contributed by atoms with Gasteiger partial charge in [-0.05, 0) is 51.1 Å². The number of rotatable bonds is 7. The van der Waals surface area contributed by atoms with Gasteiger partial charge in [-0.2, -0.15) is 0 Å². The molecule has 0 bridgehead atoms. The molecular formula is C24H41N5O4. The lowest BCUT2D eigenvalue weighted by molar-refractivity contribution is -0.141. The van der Waals surface area contributed by atoms with Crippen molar-refractivity contribution in [3.63, 3.8) is 0 Å². The first-order valence-corrected chi connectivity index (χ1v) is 12.3. The predicted octanol–water partition coefficient (Wildman–Crippen LogP) is 1.43. The Hall–Kier alpha value is -2.16. The molecule has 0 aromatic rings. The number of likely N-dealkylation sites (tertiary alicyclic amines) is 1. The maximum atomic E-state index is 13.1. The molecular weight excluding hydrogens is 422 g/mol. The number of urea groups is 1. The number of amides is 5. The molecule has 1 aliphatic carbocycles. The van der Waals surface area contributed by atoms with E-state index in [0.29, 0.717) is 38.9 Å². The summed E-state index contributed by atoms with van der Waals surface area (Å²) in [4.78, 5) is 56.0. The van der Waals surface area contributed by atoms with E-state index in [2.05, 4.69) is 29.4 Å². The molecule has 3 fully saturated rings. The van der Waals surface area contributed by atoms with E-state index in [0.717, 1.165) is 30.7 Å². The lowest BCUT2D eigenvalue weighted by Gasteiger charge is -2.37. The van der Waals surface area contributed by atoms with Crippen LogP contribution in [0.1, 0.15) is 59.3 Å². The summed E-state index contributed by atoms with van der Waals surface area (Å²) in [5.41, 5.74) is -0.868. The van der Waals surface area contributed by atoms with Crippen molar-refractivity contribution in [2.45, 2.75) is 64.8 Å². The Bertz CT molecular complexity index is 775. The first kappa shape index (κ1) is 25.5. The van der Waals surface area contributed by atoms with Crippen LogP contribution in [0.3, 0.4) is 0 Å². The predicted molar refractivity (Wildman–Crippen MR) is 125 cm³/mol. The number of hydrogen-bond donors (Lipinski definition) is 2. The molecule has 9 nitrogen and oxygen atoms in total. The van der Waals surface area contributed by atoms with Crippen LogP contribution in [-0.4, -0.2) is 90.8 Å². The van der Waals surface area contributed by atoms with Crippen LogP contribution in [0.2, 0.25) is 0 Å². The number of piperidine rings is 1. The van der Waals surface area contributed by atoms with E-state index >= 15 is 0 Å². The molecule has 3 rings (SSSR count). The maximum Gasteiger partial charge on any atom is 0.325 e. The number of carbonyl (C=O) groups excluding carboxylic acids is 4. The fourth-order valence-corrected chi connectivity index (χ4v) is 5.65. The van der Waals surface area contributed by atoms with Gasteiger partial charge in [0.05, 0.1) is 0 Å². The molecule has 33 heavy (non-hydrogen) atoms. The van der Waals surface area contributed by atoms with Crippen LogP contribution in [0.4, 0.5) is 4.79 Å². The Labute approximate surface area is 197 Å². The zero-order valence-corrected chi connectivity index (χ0v) is 20.9. The van der Waals surface area contributed by atoms with E-state index in [4.69, 9.17) is 0 Å². The van der Waals surface area contributed by atoms with Crippen molar-refractivity contribution in [2.24, 2.45) is 17.3 Å². The third-order valence-electron chi connectivity index (χ3n) is 7.50. The molecule has 2 saturated heterocycles. The van der Waals surface area contributed by atoms with Crippen LogP contribution < -0.4 is 10.6 Å². The second-order valence-electron chi connectivity index (χ2n) is 11.2. The second kappa shape index (κ2) is 9.99. The van der Waals surface area contributed by atoms with Crippen LogP contribution >= 0.6 is 0 Å². The van der Waals surface area contributed by atoms with Crippen LogP contribution in [0.15, 0.2) is 0 Å². The monoisotopic (exact) mass is 463 g/mol. The highest BCUT2D eigenvalue weighted by Gasteiger charge is 2.55. The van der Waals surface area contributed by atoms with Gasteiger partial charge in [-0.1, -0.05) is 33.6 Å². The van der Waals surface area contributed by atoms with Gasteiger partial charge in [0.2, 0.25) is 11.8 Å². The van der Waals surface area contributed by atoms with Gasteiger partial charge in [0.15, 0.2) is 0 Å². The number of nitrogens with zero attached hydrogens (tertiary/aromatic N) is 3. The fraction of sp³-hybridized carbons (Fsp3) is 0.833. The van der Waals surface area contributed by atoms with Crippen LogP contribution in [-0.2, 0) is 14.4 Å². The van der Waals surface area contributed by atoms with Gasteiger partial charge in [-0.15, -0.1) is 0 Å². The van der Waals surface area contributed by atoms with Gasteiger partial charge in [-0.3, -0.25) is 19.3 Å². The largest absolute Gasteiger partial charge is 0.355 e. The minimum absolute atomic E-state index is 0.0220. The highest BCUT2D eigenvalue weighted by molar-refractivity contribution is 6.09. The molecule has 2 heterocycles. The number of imide groups is 1. The first-order valence-electron chi connectivity index (χ1n) is 12.3. The minimum atomic E-state index is -0.846. The van der Waals surface area contributed by atoms with E-state index in [-0.39, 0.29) is 41.5 Å². The van der Waals surface area contributed by atoms with Crippen molar-refractivity contribution in [1.29, 1.82) is 0 Å². The molecule has 9 heteroatoms. The Morgan fingerprint density at radius 3 is 2.42 bits per heavy atom. The zero-order chi connectivity index (χ0) is 24.4. The number of hydrogen-bond acceptors (Lipinski definition) is 5. The molecule has 2 unspecified atom stereocenters. The van der Waals surface area contributed by atoms with Gasteiger partial charge in [0, 0.05) is 32.1 Å². The van der Waals surface area contributed by atoms with E-state index in [1.807, 2.05) is 21.0 Å². The molecule has 2 aliphatic heterocycles. The van der Waals surface area contributed by atoms with E-state index < -0.39 is 11.6 Å². The van der Waals surface area contributed by atoms with Gasteiger partial charge in [0.1, 0.15) is 12.1 Å². The van der Waals surface area contributed by atoms with Crippen LogP contribution in [0.25, 0.3) is 0 Å². The van der Waals surface area contributed by atoms with Gasteiger partial charge in [-0.25, -0.2) is 4.79 Å². The summed E-state index contributed by atoms with van der Waals surface area (Å²) in [5.74, 6) is -0.504. The third-order valence-corrected chi connectivity index (χ3v) is 7.50. The summed E-state index contributed by atoms with van der Waals surface area (Å²) in [6.45, 7) is 8.44. The van der Waals surface area contributed by atoms with Gasteiger partial charge >= 0.3 is 6.03 Å². The molecule has 0 aromatic heterocycles. The average molecular weight is 464 g/mol. The van der Waals surface area contributed by atoms with Crippen molar-refractivity contribution in [1.82, 2.24) is 25.3 Å². The average Bonchev–Trinajstić information content (AvgIpc) is 2.98. The minimum Gasteiger partial charge on any atom is -0.355 e. The molecule has 2 atom stereocenters. The van der Waals surface area contributed by atoms with Gasteiger partial charge in [0.25, 0.3) is 5.91 Å². The second-order valence-corrected chi connectivity index (χ2v) is 11.2. The van der Waals surface area contributed by atoms with E-state index in [1.54, 1.807) is 4.90 Å². The van der Waals surface area contributed by atoms with Gasteiger partial charge < -0.3 is 20.4 Å². The van der Waals surface area contributed by atoms with Crippen molar-refractivity contribution in [3.05, 3.63) is 0 Å². The standard InChI is InChI=1S/C24H41N5O4/c1-17-8-6-7-11-24(17)21(32)29(22(33)26-24)14-19(30)28-12-9-18(10-13-28)20(31)25-15-23(2,3)16-27(4)5/h17-18H,6-16H2,1-5H3,(H,25,31)(H,26,33). The Balaban J connectivity index is 1.48. The Morgan fingerprint density at radius 2 is 1.82 bits per heavy atom. The zero-order valence-electron chi connectivity index (χ0n) is 20.9. The number of nitrogens with one attached hydrogen (secondary N) is 2. The lowest BCUT2D eigenvalue weighted by atomic mass is 9.73. The van der Waals surface area contributed by atoms with Crippen molar-refractivity contribution < 1.29 is 19.2 Å². The topological polar surface area (TPSA) is 102 Å². The summed E-state index contributed by atoms with van der Waals surface area (Å²) >= 11 is 0. The van der Waals surface area contributed by atoms with Crippen LogP contribution in [0, 0.1) is 17.3 Å². The molecule has 0 aromatic carbocycles. The third kappa shape index (κ3) is 5.67. The maximum absolute atomic E-state index is 13.1. The molecule has 2 N–H and O–H groups in total. The quantitative estimate of drug-likeness (QED) is 0.556. The van der Waals surface area contributed by atoms with Crippen LogP contribution in [0.5, 0.6) is 0 Å². The summed E-state index contributed by atoms with van der Waals surface area (Å²) in [7, 11) is 4.04. The molecule has 186 valence electrons.